The Morgan fingerprint density at radius 1 is 1.24 bits per heavy atom. The number of hydrogen-bond donors (Lipinski definition) is 1. The predicted octanol–water partition coefficient (Wildman–Crippen LogP) is 4.37. The molecule has 1 aliphatic rings. The number of amides is 1. The van der Waals surface area contributed by atoms with E-state index < -0.39 is 0 Å². The highest BCUT2D eigenvalue weighted by Gasteiger charge is 2.14. The lowest BCUT2D eigenvalue weighted by Crippen LogP contribution is -2.38. The molecule has 0 saturated heterocycles. The molecule has 0 atom stereocenters. The lowest BCUT2D eigenvalue weighted by molar-refractivity contribution is -0.123. The van der Waals surface area contributed by atoms with Gasteiger partial charge in [0.1, 0.15) is 5.75 Å². The zero-order valence-corrected chi connectivity index (χ0v) is 14.2. The zero-order valence-electron chi connectivity index (χ0n) is 12.7. The molecule has 1 amide bonds. The van der Waals surface area contributed by atoms with Crippen LogP contribution >= 0.6 is 15.9 Å². The third-order valence-electron chi connectivity index (χ3n) is 3.97. The monoisotopic (exact) mass is 353 g/mol. The van der Waals surface area contributed by atoms with Crippen molar-refractivity contribution in [1.29, 1.82) is 0 Å². The summed E-state index contributed by atoms with van der Waals surface area (Å²) in [6.45, 7) is 2.08. The summed E-state index contributed by atoms with van der Waals surface area (Å²) in [5.74, 6) is 0.758. The number of aryl methyl sites for hydroxylation is 1. The van der Waals surface area contributed by atoms with Crippen molar-refractivity contribution in [2.24, 2.45) is 0 Å². The molecule has 1 N–H and O–H groups in total. The Balaban J connectivity index is 1.78. The van der Waals surface area contributed by atoms with Crippen molar-refractivity contribution in [1.82, 2.24) is 5.32 Å². The average molecular weight is 354 g/mol. The molecule has 1 saturated carbocycles. The molecular weight excluding hydrogens is 330 g/mol. The Bertz CT molecular complexity index is 468. The van der Waals surface area contributed by atoms with E-state index in [1.165, 1.54) is 32.1 Å². The van der Waals surface area contributed by atoms with Gasteiger partial charge in [-0.1, -0.05) is 48.0 Å². The highest BCUT2D eigenvalue weighted by atomic mass is 79.9. The molecule has 1 fully saturated rings. The number of carbonyl (C=O) groups is 1. The van der Waals surface area contributed by atoms with E-state index in [4.69, 9.17) is 4.74 Å². The van der Waals surface area contributed by atoms with Crippen LogP contribution in [-0.2, 0) is 4.79 Å². The fraction of sp³-hybridized carbons (Fsp3) is 0.588. The van der Waals surface area contributed by atoms with Gasteiger partial charge in [0, 0.05) is 10.5 Å². The van der Waals surface area contributed by atoms with Crippen LogP contribution in [-0.4, -0.2) is 18.6 Å². The number of carbonyl (C=O) groups excluding carboxylic acids is 1. The normalized spacial score (nSPS) is 16.9. The standard InChI is InChI=1S/C17H24BrNO2/c1-13-11-14(18)9-10-16(13)21-12-17(20)19-15-7-5-3-2-4-6-8-15/h9-11,15H,2-8,12H2,1H3,(H,19,20). The van der Waals surface area contributed by atoms with Crippen LogP contribution in [0, 0.1) is 6.92 Å². The zero-order chi connectivity index (χ0) is 15.1. The van der Waals surface area contributed by atoms with E-state index in [1.807, 2.05) is 25.1 Å². The smallest absolute Gasteiger partial charge is 0.258 e. The first kappa shape index (κ1) is 16.3. The van der Waals surface area contributed by atoms with Crippen LogP contribution in [0.2, 0.25) is 0 Å². The molecule has 4 heteroatoms. The van der Waals surface area contributed by atoms with E-state index in [1.54, 1.807) is 0 Å². The van der Waals surface area contributed by atoms with Crippen molar-refractivity contribution in [3.05, 3.63) is 28.2 Å². The number of nitrogens with one attached hydrogen (secondary N) is 1. The van der Waals surface area contributed by atoms with E-state index >= 15 is 0 Å². The minimum atomic E-state index is -0.0112. The first-order chi connectivity index (χ1) is 10.1. The van der Waals surface area contributed by atoms with Crippen LogP contribution in [0.1, 0.15) is 50.5 Å². The summed E-state index contributed by atoms with van der Waals surface area (Å²) in [6, 6.07) is 6.13. The molecule has 0 aromatic heterocycles. The molecule has 0 spiro atoms. The molecule has 0 unspecified atom stereocenters. The Morgan fingerprint density at radius 2 is 1.90 bits per heavy atom. The van der Waals surface area contributed by atoms with E-state index in [0.717, 1.165) is 28.6 Å². The molecule has 0 heterocycles. The number of benzene rings is 1. The number of halogens is 1. The maximum absolute atomic E-state index is 12.0. The Kier molecular flexibility index (Phi) is 6.55. The highest BCUT2D eigenvalue weighted by molar-refractivity contribution is 9.10. The van der Waals surface area contributed by atoms with Crippen LogP contribution in [0.25, 0.3) is 0 Å². The molecule has 1 aromatic rings. The van der Waals surface area contributed by atoms with Crippen molar-refractivity contribution in [3.8, 4) is 5.75 Å². The minimum Gasteiger partial charge on any atom is -0.484 e. The summed E-state index contributed by atoms with van der Waals surface area (Å²) in [7, 11) is 0. The molecule has 1 aromatic carbocycles. The first-order valence-corrected chi connectivity index (χ1v) is 8.63. The Hall–Kier alpha value is -1.03. The maximum Gasteiger partial charge on any atom is 0.258 e. The van der Waals surface area contributed by atoms with E-state index in [9.17, 15) is 4.79 Å². The van der Waals surface area contributed by atoms with Gasteiger partial charge in [-0.2, -0.15) is 0 Å². The van der Waals surface area contributed by atoms with Gasteiger partial charge < -0.3 is 10.1 Å². The molecular formula is C17H24BrNO2. The van der Waals surface area contributed by atoms with E-state index in [-0.39, 0.29) is 12.5 Å². The minimum absolute atomic E-state index is 0.0112. The molecule has 21 heavy (non-hydrogen) atoms. The lowest BCUT2D eigenvalue weighted by Gasteiger charge is -2.21. The van der Waals surface area contributed by atoms with Gasteiger partial charge in [0.15, 0.2) is 6.61 Å². The van der Waals surface area contributed by atoms with Crippen molar-refractivity contribution < 1.29 is 9.53 Å². The second-order valence-electron chi connectivity index (χ2n) is 5.81. The van der Waals surface area contributed by atoms with Gasteiger partial charge >= 0.3 is 0 Å². The van der Waals surface area contributed by atoms with Crippen molar-refractivity contribution >= 4 is 21.8 Å². The fourth-order valence-electron chi connectivity index (χ4n) is 2.79. The van der Waals surface area contributed by atoms with Crippen molar-refractivity contribution in [2.75, 3.05) is 6.61 Å². The van der Waals surface area contributed by atoms with Gasteiger partial charge in [-0.3, -0.25) is 4.79 Å². The van der Waals surface area contributed by atoms with Gasteiger partial charge in [0.25, 0.3) is 5.91 Å². The molecule has 2 rings (SSSR count). The molecule has 0 radical (unpaired) electrons. The number of hydrogen-bond acceptors (Lipinski definition) is 2. The molecule has 116 valence electrons. The molecule has 1 aliphatic carbocycles. The van der Waals surface area contributed by atoms with Gasteiger partial charge in [-0.05, 0) is 43.5 Å². The third-order valence-corrected chi connectivity index (χ3v) is 4.46. The Morgan fingerprint density at radius 3 is 2.57 bits per heavy atom. The number of rotatable bonds is 4. The quantitative estimate of drug-likeness (QED) is 0.872. The summed E-state index contributed by atoms with van der Waals surface area (Å²) >= 11 is 3.42. The number of ether oxygens (including phenoxy) is 1. The predicted molar refractivity (Wildman–Crippen MR) is 88.6 cm³/mol. The maximum atomic E-state index is 12.0. The molecule has 3 nitrogen and oxygen atoms in total. The van der Waals surface area contributed by atoms with Crippen molar-refractivity contribution in [2.45, 2.75) is 57.9 Å². The van der Waals surface area contributed by atoms with Crippen LogP contribution < -0.4 is 10.1 Å². The van der Waals surface area contributed by atoms with Gasteiger partial charge in [-0.25, -0.2) is 0 Å². The van der Waals surface area contributed by atoms with Crippen molar-refractivity contribution in [3.63, 3.8) is 0 Å². The van der Waals surface area contributed by atoms with Crippen LogP contribution in [0.4, 0.5) is 0 Å². The summed E-state index contributed by atoms with van der Waals surface area (Å²) in [5, 5.41) is 3.11. The first-order valence-electron chi connectivity index (χ1n) is 7.83. The second kappa shape index (κ2) is 8.42. The molecule has 0 aliphatic heterocycles. The SMILES string of the molecule is Cc1cc(Br)ccc1OCC(=O)NC1CCCCCCC1. The van der Waals surface area contributed by atoms with Gasteiger partial charge in [-0.15, -0.1) is 0 Å². The summed E-state index contributed by atoms with van der Waals surface area (Å²) in [6.07, 6.45) is 8.57. The third kappa shape index (κ3) is 5.70. The Labute approximate surface area is 135 Å². The van der Waals surface area contributed by atoms with Gasteiger partial charge in [0.05, 0.1) is 0 Å². The van der Waals surface area contributed by atoms with E-state index in [0.29, 0.717) is 6.04 Å². The fourth-order valence-corrected chi connectivity index (χ4v) is 3.26. The largest absolute Gasteiger partial charge is 0.484 e. The topological polar surface area (TPSA) is 38.3 Å². The molecule has 0 bridgehead atoms. The van der Waals surface area contributed by atoms with Crippen LogP contribution in [0.5, 0.6) is 5.75 Å². The van der Waals surface area contributed by atoms with Crippen LogP contribution in [0.15, 0.2) is 22.7 Å². The lowest BCUT2D eigenvalue weighted by atomic mass is 9.97. The van der Waals surface area contributed by atoms with E-state index in [2.05, 4.69) is 21.2 Å². The summed E-state index contributed by atoms with van der Waals surface area (Å²) in [4.78, 5) is 12.0. The van der Waals surface area contributed by atoms with Gasteiger partial charge in [0.2, 0.25) is 0 Å². The summed E-state index contributed by atoms with van der Waals surface area (Å²) in [5.41, 5.74) is 1.03. The summed E-state index contributed by atoms with van der Waals surface area (Å²) < 4.78 is 6.64. The average Bonchev–Trinajstić information content (AvgIpc) is 2.41. The van der Waals surface area contributed by atoms with Crippen LogP contribution in [0.3, 0.4) is 0 Å². The second-order valence-corrected chi connectivity index (χ2v) is 6.72. The highest BCUT2D eigenvalue weighted by Crippen LogP contribution is 2.22.